The lowest BCUT2D eigenvalue weighted by Gasteiger charge is -2.38. The molecular weight excluding hydrogens is 332 g/mol. The fourth-order valence-electron chi connectivity index (χ4n) is 2.51. The van der Waals surface area contributed by atoms with Crippen molar-refractivity contribution in [1.82, 2.24) is 5.32 Å². The highest BCUT2D eigenvalue weighted by Crippen LogP contribution is 2.46. The summed E-state index contributed by atoms with van der Waals surface area (Å²) < 4.78 is 3.84. The molecule has 0 unspecified atom stereocenters. The van der Waals surface area contributed by atoms with Crippen molar-refractivity contribution in [3.63, 3.8) is 0 Å². The number of anilines is 1. The zero-order valence-corrected chi connectivity index (χ0v) is 14.8. The Morgan fingerprint density at radius 2 is 2.04 bits per heavy atom. The maximum Gasteiger partial charge on any atom is 0.406 e. The molecule has 0 fully saturated rings. The number of hydrogen-bond donors (Lipinski definition) is 2. The molecule has 0 saturated carbocycles. The SMILES string of the molecule is COC(=O)NCCN1C(=O)C(C)(C)Sc2cc(C)c(C(=O)O)cc21. The van der Waals surface area contributed by atoms with Gasteiger partial charge < -0.3 is 20.1 Å². The maximum absolute atomic E-state index is 12.7. The Kier molecular flexibility index (Phi) is 5.08. The lowest BCUT2D eigenvalue weighted by atomic mass is 10.1. The number of carboxylic acids is 1. The second-order valence-corrected chi connectivity index (χ2v) is 7.59. The molecule has 0 bridgehead atoms. The van der Waals surface area contributed by atoms with Gasteiger partial charge in [-0.3, -0.25) is 4.79 Å². The Morgan fingerprint density at radius 1 is 1.38 bits per heavy atom. The zero-order valence-electron chi connectivity index (χ0n) is 14.0. The van der Waals surface area contributed by atoms with E-state index >= 15 is 0 Å². The Labute approximate surface area is 144 Å². The number of alkyl carbamates (subject to hydrolysis) is 1. The van der Waals surface area contributed by atoms with Crippen LogP contribution in [0.2, 0.25) is 0 Å². The van der Waals surface area contributed by atoms with Gasteiger partial charge in [0.15, 0.2) is 0 Å². The van der Waals surface area contributed by atoms with Crippen molar-refractivity contribution in [3.8, 4) is 0 Å². The summed E-state index contributed by atoms with van der Waals surface area (Å²) in [5.74, 6) is -1.17. The van der Waals surface area contributed by atoms with Gasteiger partial charge in [0.2, 0.25) is 5.91 Å². The third-order valence-corrected chi connectivity index (χ3v) is 4.97. The predicted octanol–water partition coefficient (Wildman–Crippen LogP) is 2.27. The van der Waals surface area contributed by atoms with Crippen molar-refractivity contribution in [2.75, 3.05) is 25.1 Å². The van der Waals surface area contributed by atoms with E-state index in [0.29, 0.717) is 11.3 Å². The third-order valence-electron chi connectivity index (χ3n) is 3.74. The summed E-state index contributed by atoms with van der Waals surface area (Å²) in [6.45, 7) is 5.81. The summed E-state index contributed by atoms with van der Waals surface area (Å²) in [7, 11) is 1.26. The molecular formula is C16H20N2O5S. The number of hydrogen-bond acceptors (Lipinski definition) is 5. The third kappa shape index (κ3) is 3.48. The van der Waals surface area contributed by atoms with Crippen LogP contribution in [-0.4, -0.2) is 48.0 Å². The molecule has 0 aliphatic carbocycles. The molecule has 130 valence electrons. The molecule has 1 aromatic carbocycles. The van der Waals surface area contributed by atoms with Crippen molar-refractivity contribution in [2.24, 2.45) is 0 Å². The summed E-state index contributed by atoms with van der Waals surface area (Å²) >= 11 is 1.41. The minimum atomic E-state index is -1.04. The smallest absolute Gasteiger partial charge is 0.406 e. The largest absolute Gasteiger partial charge is 0.478 e. The zero-order chi connectivity index (χ0) is 18.1. The number of carboxylic acid groups (broad SMARTS) is 1. The molecule has 2 amide bonds. The van der Waals surface area contributed by atoms with Crippen molar-refractivity contribution >= 4 is 35.4 Å². The van der Waals surface area contributed by atoms with E-state index in [1.807, 2.05) is 13.8 Å². The van der Waals surface area contributed by atoms with Crippen molar-refractivity contribution < 1.29 is 24.2 Å². The Balaban J connectivity index is 2.38. The van der Waals surface area contributed by atoms with E-state index in [4.69, 9.17) is 0 Å². The number of aromatic carboxylic acids is 1. The summed E-state index contributed by atoms with van der Waals surface area (Å²) in [5, 5.41) is 11.8. The average Bonchev–Trinajstić information content (AvgIpc) is 2.49. The van der Waals surface area contributed by atoms with E-state index in [9.17, 15) is 19.5 Å². The highest BCUT2D eigenvalue weighted by Gasteiger charge is 2.40. The van der Waals surface area contributed by atoms with Gasteiger partial charge in [-0.1, -0.05) is 0 Å². The molecule has 0 radical (unpaired) electrons. The van der Waals surface area contributed by atoms with E-state index in [-0.39, 0.29) is 24.6 Å². The van der Waals surface area contributed by atoms with Crippen LogP contribution in [0.5, 0.6) is 0 Å². The molecule has 8 heteroatoms. The van der Waals surface area contributed by atoms with E-state index < -0.39 is 16.8 Å². The number of nitrogens with one attached hydrogen (secondary N) is 1. The molecule has 7 nitrogen and oxygen atoms in total. The Morgan fingerprint density at radius 3 is 2.62 bits per heavy atom. The monoisotopic (exact) mass is 352 g/mol. The van der Waals surface area contributed by atoms with Gasteiger partial charge in [-0.05, 0) is 38.5 Å². The van der Waals surface area contributed by atoms with Crippen LogP contribution in [0.1, 0.15) is 29.8 Å². The molecule has 2 N–H and O–H groups in total. The van der Waals surface area contributed by atoms with Crippen LogP contribution in [0.15, 0.2) is 17.0 Å². The number of benzene rings is 1. The molecule has 24 heavy (non-hydrogen) atoms. The van der Waals surface area contributed by atoms with E-state index in [1.165, 1.54) is 29.8 Å². The van der Waals surface area contributed by atoms with Crippen LogP contribution in [0.25, 0.3) is 0 Å². The molecule has 1 aromatic rings. The number of carbonyl (C=O) groups excluding carboxylic acids is 2. The first-order valence-corrected chi connectivity index (χ1v) is 8.19. The normalized spacial score (nSPS) is 15.7. The first kappa shape index (κ1) is 18.1. The number of fused-ring (bicyclic) bond motifs is 1. The van der Waals surface area contributed by atoms with E-state index in [2.05, 4.69) is 10.1 Å². The second kappa shape index (κ2) is 6.72. The number of methoxy groups -OCH3 is 1. The van der Waals surface area contributed by atoms with Crippen molar-refractivity contribution in [3.05, 3.63) is 23.3 Å². The maximum atomic E-state index is 12.7. The number of aryl methyl sites for hydroxylation is 1. The number of thioether (sulfide) groups is 1. The van der Waals surface area contributed by atoms with Gasteiger partial charge in [0, 0.05) is 18.0 Å². The summed E-state index contributed by atoms with van der Waals surface area (Å²) in [6.07, 6.45) is -0.580. The Hall–Kier alpha value is -2.22. The van der Waals surface area contributed by atoms with Gasteiger partial charge in [-0.15, -0.1) is 11.8 Å². The molecule has 0 atom stereocenters. The lowest BCUT2D eigenvalue weighted by Crippen LogP contribution is -2.49. The van der Waals surface area contributed by atoms with Crippen LogP contribution in [0, 0.1) is 6.92 Å². The van der Waals surface area contributed by atoms with Crippen LogP contribution in [0.4, 0.5) is 10.5 Å². The predicted molar refractivity (Wildman–Crippen MR) is 90.8 cm³/mol. The minimum Gasteiger partial charge on any atom is -0.478 e. The second-order valence-electron chi connectivity index (χ2n) is 5.93. The molecule has 1 aliphatic heterocycles. The van der Waals surface area contributed by atoms with Gasteiger partial charge in [0.25, 0.3) is 0 Å². The van der Waals surface area contributed by atoms with Crippen LogP contribution >= 0.6 is 11.8 Å². The van der Waals surface area contributed by atoms with Crippen LogP contribution in [0.3, 0.4) is 0 Å². The quantitative estimate of drug-likeness (QED) is 0.863. The van der Waals surface area contributed by atoms with Crippen LogP contribution < -0.4 is 10.2 Å². The molecule has 1 heterocycles. The van der Waals surface area contributed by atoms with E-state index in [0.717, 1.165) is 4.90 Å². The highest BCUT2D eigenvalue weighted by molar-refractivity contribution is 8.01. The number of ether oxygens (including phenoxy) is 1. The van der Waals surface area contributed by atoms with E-state index in [1.54, 1.807) is 13.0 Å². The molecule has 0 aromatic heterocycles. The molecule has 1 aliphatic rings. The van der Waals surface area contributed by atoms with Gasteiger partial charge in [-0.25, -0.2) is 9.59 Å². The standard InChI is InChI=1S/C16H20N2O5S/c1-9-7-12-11(8-10(9)13(19)20)18(6-5-17-15(22)23-4)14(21)16(2,3)24-12/h7-8H,5-6H2,1-4H3,(H,17,22)(H,19,20). The number of nitrogens with zero attached hydrogens (tertiary/aromatic N) is 1. The summed E-state index contributed by atoms with van der Waals surface area (Å²) in [5.41, 5.74) is 1.36. The Bertz CT molecular complexity index is 702. The summed E-state index contributed by atoms with van der Waals surface area (Å²) in [4.78, 5) is 37.7. The molecule has 0 saturated heterocycles. The minimum absolute atomic E-state index is 0.133. The topological polar surface area (TPSA) is 95.9 Å². The lowest BCUT2D eigenvalue weighted by molar-refractivity contribution is -0.120. The fraction of sp³-hybridized carbons (Fsp3) is 0.438. The molecule has 0 spiro atoms. The average molecular weight is 352 g/mol. The first-order valence-electron chi connectivity index (χ1n) is 7.38. The van der Waals surface area contributed by atoms with Crippen molar-refractivity contribution in [1.29, 1.82) is 0 Å². The van der Waals surface area contributed by atoms with Gasteiger partial charge >= 0.3 is 12.1 Å². The number of rotatable bonds is 4. The number of carbonyl (C=O) groups is 3. The van der Waals surface area contributed by atoms with Crippen molar-refractivity contribution in [2.45, 2.75) is 30.4 Å². The highest BCUT2D eigenvalue weighted by atomic mass is 32.2. The van der Waals surface area contributed by atoms with Gasteiger partial charge in [0.1, 0.15) is 0 Å². The first-order chi connectivity index (χ1) is 11.2. The van der Waals surface area contributed by atoms with Gasteiger partial charge in [-0.2, -0.15) is 0 Å². The molecule has 2 rings (SSSR count). The fourth-order valence-corrected chi connectivity index (χ4v) is 3.77. The summed E-state index contributed by atoms with van der Waals surface area (Å²) in [6, 6.07) is 3.31. The van der Waals surface area contributed by atoms with Gasteiger partial charge in [0.05, 0.1) is 23.1 Å². The van der Waals surface area contributed by atoms with Crippen LogP contribution in [-0.2, 0) is 9.53 Å². The number of amides is 2.